The largest absolute Gasteiger partial charge is 0.344 e. The van der Waals surface area contributed by atoms with E-state index in [1.54, 1.807) is 11.9 Å². The molecule has 0 aromatic carbocycles. The first kappa shape index (κ1) is 14.7. The first-order chi connectivity index (χ1) is 7.72. The van der Waals surface area contributed by atoms with Crippen LogP contribution in [0.2, 0.25) is 0 Å². The second-order valence-electron chi connectivity index (χ2n) is 3.41. The number of nitrogens with one attached hydrogen (secondary N) is 1. The van der Waals surface area contributed by atoms with Crippen LogP contribution in [0.4, 0.5) is 0 Å². The van der Waals surface area contributed by atoms with Crippen molar-refractivity contribution in [3.63, 3.8) is 0 Å². The highest BCUT2D eigenvalue weighted by Gasteiger charge is 2.05. The maximum absolute atomic E-state index is 11.3. The van der Waals surface area contributed by atoms with Crippen LogP contribution in [0.3, 0.4) is 0 Å². The highest BCUT2D eigenvalue weighted by molar-refractivity contribution is 5.75. The molecule has 0 atom stereocenters. The van der Waals surface area contributed by atoms with E-state index in [9.17, 15) is 4.79 Å². The van der Waals surface area contributed by atoms with Gasteiger partial charge in [-0.05, 0) is 18.5 Å². The first-order valence-corrected chi connectivity index (χ1v) is 5.38. The van der Waals surface area contributed by atoms with Gasteiger partial charge in [-0.3, -0.25) is 4.79 Å². The van der Waals surface area contributed by atoms with E-state index in [4.69, 9.17) is 11.3 Å². The van der Waals surface area contributed by atoms with E-state index in [0.717, 1.165) is 19.5 Å². The van der Waals surface area contributed by atoms with E-state index in [1.807, 2.05) is 0 Å². The zero-order valence-corrected chi connectivity index (χ0v) is 9.72. The van der Waals surface area contributed by atoms with Gasteiger partial charge in [-0.25, -0.2) is 0 Å². The summed E-state index contributed by atoms with van der Waals surface area (Å²) in [5.41, 5.74) is 13.3. The van der Waals surface area contributed by atoms with Gasteiger partial charge < -0.3 is 16.0 Å². The molecule has 0 bridgehead atoms. The molecule has 7 nitrogen and oxygen atoms in total. The van der Waals surface area contributed by atoms with Crippen LogP contribution >= 0.6 is 0 Å². The number of nitrogens with zero attached hydrogens (tertiary/aromatic N) is 4. The lowest BCUT2D eigenvalue weighted by molar-refractivity contribution is -0.129. The first-order valence-electron chi connectivity index (χ1n) is 5.38. The molecule has 0 aromatic rings. The Morgan fingerprint density at radius 1 is 1.56 bits per heavy atom. The lowest BCUT2D eigenvalue weighted by Gasteiger charge is -2.16. The highest BCUT2D eigenvalue weighted by Crippen LogP contribution is 1.88. The van der Waals surface area contributed by atoms with Gasteiger partial charge in [-0.2, -0.15) is 0 Å². The number of hydrogen-bond acceptors (Lipinski definition) is 4. The van der Waals surface area contributed by atoms with Crippen LogP contribution in [0.15, 0.2) is 5.11 Å². The fraction of sp³-hybridized carbons (Fsp3) is 0.889. The Hall–Kier alpha value is -1.30. The van der Waals surface area contributed by atoms with E-state index < -0.39 is 0 Å². The molecule has 16 heavy (non-hydrogen) atoms. The summed E-state index contributed by atoms with van der Waals surface area (Å²) < 4.78 is 0. The Morgan fingerprint density at radius 3 is 2.94 bits per heavy atom. The summed E-state index contributed by atoms with van der Waals surface area (Å²) in [6.07, 6.45) is 1.21. The zero-order valence-electron chi connectivity index (χ0n) is 9.72. The van der Waals surface area contributed by atoms with Crippen LogP contribution in [-0.2, 0) is 4.79 Å². The Kier molecular flexibility index (Phi) is 9.39. The molecular formula is C9H20N6O. The van der Waals surface area contributed by atoms with Crippen LogP contribution in [0, 0.1) is 0 Å². The van der Waals surface area contributed by atoms with Gasteiger partial charge in [0, 0.05) is 44.6 Å². The van der Waals surface area contributed by atoms with Crippen molar-refractivity contribution >= 4 is 5.91 Å². The Balaban J connectivity index is 3.36. The summed E-state index contributed by atoms with van der Waals surface area (Å²) in [4.78, 5) is 15.6. The molecule has 0 aliphatic carbocycles. The molecule has 0 radical (unpaired) electrons. The molecule has 0 aliphatic rings. The lowest BCUT2D eigenvalue weighted by Crippen LogP contribution is -2.35. The van der Waals surface area contributed by atoms with E-state index in [0.29, 0.717) is 26.1 Å². The Morgan fingerprint density at radius 2 is 2.31 bits per heavy atom. The molecule has 1 amide bonds. The van der Waals surface area contributed by atoms with Gasteiger partial charge in [-0.1, -0.05) is 5.11 Å². The SMILES string of the molecule is CN(CCNCCCN=[N+]=[N-])C(=O)CCN. The van der Waals surface area contributed by atoms with Crippen molar-refractivity contribution in [2.45, 2.75) is 12.8 Å². The molecule has 0 saturated heterocycles. The summed E-state index contributed by atoms with van der Waals surface area (Å²) in [6.45, 7) is 3.09. The van der Waals surface area contributed by atoms with E-state index in [2.05, 4.69) is 15.3 Å². The molecule has 0 aliphatic heterocycles. The lowest BCUT2D eigenvalue weighted by atomic mass is 10.3. The van der Waals surface area contributed by atoms with Crippen molar-refractivity contribution in [3.05, 3.63) is 10.4 Å². The number of amides is 1. The normalized spacial score (nSPS) is 9.62. The molecule has 0 fully saturated rings. The number of nitrogens with two attached hydrogens (primary N) is 1. The molecule has 0 unspecified atom stereocenters. The van der Waals surface area contributed by atoms with Crippen molar-refractivity contribution in [2.75, 3.05) is 39.8 Å². The number of likely N-dealkylation sites (N-methyl/N-ethyl adjacent to an activating group) is 1. The third-order valence-electron chi connectivity index (χ3n) is 2.08. The predicted molar refractivity (Wildman–Crippen MR) is 62.8 cm³/mol. The Bertz CT molecular complexity index is 238. The van der Waals surface area contributed by atoms with Crippen LogP contribution in [0.25, 0.3) is 10.4 Å². The van der Waals surface area contributed by atoms with Crippen molar-refractivity contribution in [2.24, 2.45) is 10.8 Å². The molecule has 0 saturated carbocycles. The molecule has 92 valence electrons. The van der Waals surface area contributed by atoms with E-state index >= 15 is 0 Å². The standard InChI is InChI=1S/C9H20N6O/c1-15(9(16)3-4-10)8-7-12-5-2-6-13-14-11/h12H,2-8,10H2,1H3. The summed E-state index contributed by atoms with van der Waals surface area (Å²) >= 11 is 0. The summed E-state index contributed by atoms with van der Waals surface area (Å²) in [6, 6.07) is 0. The molecule has 0 heterocycles. The highest BCUT2D eigenvalue weighted by atomic mass is 16.2. The summed E-state index contributed by atoms with van der Waals surface area (Å²) in [7, 11) is 1.76. The second kappa shape index (κ2) is 10.2. The van der Waals surface area contributed by atoms with Crippen molar-refractivity contribution in [1.82, 2.24) is 10.2 Å². The third-order valence-corrected chi connectivity index (χ3v) is 2.08. The maximum atomic E-state index is 11.3. The number of hydrogen-bond donors (Lipinski definition) is 2. The van der Waals surface area contributed by atoms with Crippen LogP contribution in [0.1, 0.15) is 12.8 Å². The Labute approximate surface area is 95.6 Å². The third kappa shape index (κ3) is 8.05. The fourth-order valence-electron chi connectivity index (χ4n) is 1.13. The predicted octanol–water partition coefficient (Wildman–Crippen LogP) is 0.0836. The molecule has 0 aromatic heterocycles. The molecule has 3 N–H and O–H groups in total. The van der Waals surface area contributed by atoms with E-state index in [-0.39, 0.29) is 5.91 Å². The summed E-state index contributed by atoms with van der Waals surface area (Å²) in [5.74, 6) is 0.0679. The van der Waals surface area contributed by atoms with Gasteiger partial charge in [-0.15, -0.1) is 0 Å². The monoisotopic (exact) mass is 228 g/mol. The van der Waals surface area contributed by atoms with Gasteiger partial charge in [0.15, 0.2) is 0 Å². The second-order valence-corrected chi connectivity index (χ2v) is 3.41. The topological polar surface area (TPSA) is 107 Å². The van der Waals surface area contributed by atoms with Crippen LogP contribution in [0.5, 0.6) is 0 Å². The quantitative estimate of drug-likeness (QED) is 0.252. The molecule has 7 heteroatoms. The van der Waals surface area contributed by atoms with Crippen molar-refractivity contribution in [3.8, 4) is 0 Å². The smallest absolute Gasteiger partial charge is 0.223 e. The average molecular weight is 228 g/mol. The minimum absolute atomic E-state index is 0.0679. The molecule has 0 rings (SSSR count). The summed E-state index contributed by atoms with van der Waals surface area (Å²) in [5, 5.41) is 6.58. The van der Waals surface area contributed by atoms with Gasteiger partial charge in [0.1, 0.15) is 0 Å². The van der Waals surface area contributed by atoms with Gasteiger partial charge in [0.25, 0.3) is 0 Å². The van der Waals surface area contributed by atoms with Crippen molar-refractivity contribution < 1.29 is 4.79 Å². The average Bonchev–Trinajstić information content (AvgIpc) is 2.28. The minimum Gasteiger partial charge on any atom is -0.344 e. The number of rotatable bonds is 9. The van der Waals surface area contributed by atoms with Crippen molar-refractivity contribution in [1.29, 1.82) is 0 Å². The van der Waals surface area contributed by atoms with Crippen LogP contribution in [-0.4, -0.2) is 50.6 Å². The van der Waals surface area contributed by atoms with Crippen LogP contribution < -0.4 is 11.1 Å². The maximum Gasteiger partial charge on any atom is 0.223 e. The van der Waals surface area contributed by atoms with Gasteiger partial charge in [0.05, 0.1) is 0 Å². The minimum atomic E-state index is 0.0679. The fourth-order valence-corrected chi connectivity index (χ4v) is 1.13. The number of carbonyl (C=O) groups excluding carboxylic acids is 1. The zero-order chi connectivity index (χ0) is 12.2. The van der Waals surface area contributed by atoms with Gasteiger partial charge >= 0.3 is 0 Å². The van der Waals surface area contributed by atoms with E-state index in [1.165, 1.54) is 0 Å². The number of carbonyl (C=O) groups is 1. The molecule has 0 spiro atoms. The molecular weight excluding hydrogens is 208 g/mol. The number of azide groups is 1. The van der Waals surface area contributed by atoms with Gasteiger partial charge in [0.2, 0.25) is 5.91 Å².